The van der Waals surface area contributed by atoms with Gasteiger partial charge in [0.1, 0.15) is 0 Å². The molecule has 84 valence electrons. The van der Waals surface area contributed by atoms with Crippen molar-refractivity contribution in [2.45, 2.75) is 51.7 Å². The molecule has 0 bridgehead atoms. The van der Waals surface area contributed by atoms with Crippen molar-refractivity contribution in [3.05, 3.63) is 12.2 Å². The molecule has 0 aliphatic carbocycles. The Hall–Kier alpha value is -0.380. The average Bonchev–Trinajstić information content (AvgIpc) is 2.24. The van der Waals surface area contributed by atoms with Gasteiger partial charge in [0.25, 0.3) is 0 Å². The van der Waals surface area contributed by atoms with Crippen LogP contribution < -0.4 is 11.3 Å². The van der Waals surface area contributed by atoms with Crippen LogP contribution in [0.4, 0.5) is 0 Å². The van der Waals surface area contributed by atoms with Gasteiger partial charge in [-0.25, -0.2) is 0 Å². The summed E-state index contributed by atoms with van der Waals surface area (Å²) in [6.07, 6.45) is 2.78. The van der Waals surface area contributed by atoms with Gasteiger partial charge in [-0.3, -0.25) is 11.3 Å². The highest BCUT2D eigenvalue weighted by atomic mass is 16.5. The zero-order chi connectivity index (χ0) is 11.2. The Morgan fingerprint density at radius 3 is 2.43 bits per heavy atom. The van der Waals surface area contributed by atoms with Crippen LogP contribution in [0.2, 0.25) is 0 Å². The summed E-state index contributed by atoms with van der Waals surface area (Å²) in [5, 5.41) is 0. The SMILES string of the molecule is C=C(CC)CC(NN)C(C)(CC)OC. The first-order valence-corrected chi connectivity index (χ1v) is 5.22. The Bertz CT molecular complexity index is 176. The Balaban J connectivity index is 4.44. The minimum Gasteiger partial charge on any atom is -0.377 e. The fourth-order valence-electron chi connectivity index (χ4n) is 1.42. The highest BCUT2D eigenvalue weighted by Crippen LogP contribution is 2.23. The molecule has 0 aliphatic rings. The number of methoxy groups -OCH3 is 1. The molecule has 0 aromatic heterocycles. The average molecular weight is 200 g/mol. The van der Waals surface area contributed by atoms with Crippen molar-refractivity contribution in [2.24, 2.45) is 5.84 Å². The van der Waals surface area contributed by atoms with Crippen LogP contribution in [0.25, 0.3) is 0 Å². The maximum Gasteiger partial charge on any atom is 0.0816 e. The summed E-state index contributed by atoms with van der Waals surface area (Å²) in [6.45, 7) is 10.3. The van der Waals surface area contributed by atoms with Crippen LogP contribution in [0.3, 0.4) is 0 Å². The highest BCUT2D eigenvalue weighted by molar-refractivity contribution is 5.01. The lowest BCUT2D eigenvalue weighted by Crippen LogP contribution is -2.52. The number of hydrogen-bond acceptors (Lipinski definition) is 3. The maximum absolute atomic E-state index is 5.54. The smallest absolute Gasteiger partial charge is 0.0816 e. The Kier molecular flexibility index (Phi) is 6.00. The van der Waals surface area contributed by atoms with Crippen LogP contribution in [0.15, 0.2) is 12.2 Å². The topological polar surface area (TPSA) is 47.3 Å². The van der Waals surface area contributed by atoms with Gasteiger partial charge in [-0.15, -0.1) is 0 Å². The van der Waals surface area contributed by atoms with Gasteiger partial charge in [-0.2, -0.15) is 0 Å². The maximum atomic E-state index is 5.54. The molecule has 0 aromatic rings. The zero-order valence-electron chi connectivity index (χ0n) is 9.89. The summed E-state index contributed by atoms with van der Waals surface area (Å²) in [5.41, 5.74) is 3.81. The van der Waals surface area contributed by atoms with Gasteiger partial charge >= 0.3 is 0 Å². The van der Waals surface area contributed by atoms with Crippen molar-refractivity contribution in [1.29, 1.82) is 0 Å². The number of hydrazine groups is 1. The normalized spacial score (nSPS) is 17.5. The number of nitrogens with one attached hydrogen (secondary N) is 1. The minimum atomic E-state index is -0.215. The van der Waals surface area contributed by atoms with E-state index in [0.29, 0.717) is 0 Å². The molecule has 0 aliphatic heterocycles. The van der Waals surface area contributed by atoms with Crippen LogP contribution >= 0.6 is 0 Å². The van der Waals surface area contributed by atoms with Gasteiger partial charge in [0.05, 0.1) is 11.6 Å². The molecule has 0 rings (SSSR count). The van der Waals surface area contributed by atoms with Gasteiger partial charge in [0, 0.05) is 7.11 Å². The molecular formula is C11H24N2O. The molecule has 0 saturated carbocycles. The fourth-order valence-corrected chi connectivity index (χ4v) is 1.42. The van der Waals surface area contributed by atoms with Gasteiger partial charge in [-0.05, 0) is 26.2 Å². The van der Waals surface area contributed by atoms with E-state index in [9.17, 15) is 0 Å². The van der Waals surface area contributed by atoms with Crippen LogP contribution in [-0.2, 0) is 4.74 Å². The van der Waals surface area contributed by atoms with E-state index in [1.807, 2.05) is 0 Å². The third-order valence-corrected chi connectivity index (χ3v) is 3.10. The van der Waals surface area contributed by atoms with Gasteiger partial charge in [0.15, 0.2) is 0 Å². The molecule has 0 amide bonds. The number of nitrogens with two attached hydrogens (primary N) is 1. The third-order valence-electron chi connectivity index (χ3n) is 3.10. The molecule has 0 aromatic carbocycles. The van der Waals surface area contributed by atoms with E-state index < -0.39 is 0 Å². The lowest BCUT2D eigenvalue weighted by Gasteiger charge is -2.35. The molecule has 2 unspecified atom stereocenters. The highest BCUT2D eigenvalue weighted by Gasteiger charge is 2.31. The molecule has 3 heteroatoms. The summed E-state index contributed by atoms with van der Waals surface area (Å²) >= 11 is 0. The quantitative estimate of drug-likeness (QED) is 0.375. The fraction of sp³-hybridized carbons (Fsp3) is 0.818. The Labute approximate surface area is 87.7 Å². The first kappa shape index (κ1) is 13.6. The zero-order valence-corrected chi connectivity index (χ0v) is 9.89. The second-order valence-corrected chi connectivity index (χ2v) is 3.90. The summed E-state index contributed by atoms with van der Waals surface area (Å²) < 4.78 is 5.50. The summed E-state index contributed by atoms with van der Waals surface area (Å²) in [6, 6.07) is 0.130. The van der Waals surface area contributed by atoms with Crippen LogP contribution in [-0.4, -0.2) is 18.8 Å². The van der Waals surface area contributed by atoms with E-state index in [-0.39, 0.29) is 11.6 Å². The lowest BCUT2D eigenvalue weighted by molar-refractivity contribution is -0.0289. The molecule has 0 heterocycles. The molecule has 2 atom stereocenters. The van der Waals surface area contributed by atoms with Crippen molar-refractivity contribution >= 4 is 0 Å². The van der Waals surface area contributed by atoms with E-state index in [4.69, 9.17) is 10.6 Å². The van der Waals surface area contributed by atoms with Crippen molar-refractivity contribution < 1.29 is 4.74 Å². The van der Waals surface area contributed by atoms with Crippen molar-refractivity contribution in [3.8, 4) is 0 Å². The van der Waals surface area contributed by atoms with E-state index in [1.54, 1.807) is 7.11 Å². The summed E-state index contributed by atoms with van der Waals surface area (Å²) in [5.74, 6) is 5.54. The summed E-state index contributed by atoms with van der Waals surface area (Å²) in [4.78, 5) is 0. The van der Waals surface area contributed by atoms with Crippen molar-refractivity contribution in [1.82, 2.24) is 5.43 Å². The Morgan fingerprint density at radius 2 is 2.14 bits per heavy atom. The second kappa shape index (κ2) is 6.17. The molecule has 0 radical (unpaired) electrons. The van der Waals surface area contributed by atoms with Gasteiger partial charge in [0.2, 0.25) is 0 Å². The van der Waals surface area contributed by atoms with E-state index in [1.165, 1.54) is 5.57 Å². The number of rotatable bonds is 7. The van der Waals surface area contributed by atoms with E-state index in [2.05, 4.69) is 32.8 Å². The van der Waals surface area contributed by atoms with E-state index in [0.717, 1.165) is 19.3 Å². The predicted molar refractivity (Wildman–Crippen MR) is 60.9 cm³/mol. The third kappa shape index (κ3) is 3.40. The molecular weight excluding hydrogens is 176 g/mol. The number of ether oxygens (including phenoxy) is 1. The largest absolute Gasteiger partial charge is 0.377 e. The molecule has 14 heavy (non-hydrogen) atoms. The van der Waals surface area contributed by atoms with Crippen molar-refractivity contribution in [3.63, 3.8) is 0 Å². The first-order valence-electron chi connectivity index (χ1n) is 5.22. The van der Waals surface area contributed by atoms with E-state index >= 15 is 0 Å². The van der Waals surface area contributed by atoms with Gasteiger partial charge < -0.3 is 4.74 Å². The molecule has 0 spiro atoms. The molecule has 0 fully saturated rings. The van der Waals surface area contributed by atoms with Crippen LogP contribution in [0.5, 0.6) is 0 Å². The van der Waals surface area contributed by atoms with Crippen LogP contribution in [0, 0.1) is 0 Å². The molecule has 3 N–H and O–H groups in total. The van der Waals surface area contributed by atoms with Crippen molar-refractivity contribution in [2.75, 3.05) is 7.11 Å². The molecule has 3 nitrogen and oxygen atoms in total. The second-order valence-electron chi connectivity index (χ2n) is 3.90. The minimum absolute atomic E-state index is 0.130. The van der Waals surface area contributed by atoms with Crippen LogP contribution in [0.1, 0.15) is 40.0 Å². The van der Waals surface area contributed by atoms with Gasteiger partial charge in [-0.1, -0.05) is 26.0 Å². The molecule has 0 saturated heterocycles. The number of hydrogen-bond donors (Lipinski definition) is 2. The predicted octanol–water partition coefficient (Wildman–Crippen LogP) is 1.99. The standard InChI is InChI=1S/C11H24N2O/c1-6-9(3)8-10(13-12)11(4,7-2)14-5/h10,13H,3,6-8,12H2,1-2,4-5H3. The summed E-state index contributed by atoms with van der Waals surface area (Å²) in [7, 11) is 1.72. The monoisotopic (exact) mass is 200 g/mol. The lowest BCUT2D eigenvalue weighted by atomic mass is 9.88. The first-order chi connectivity index (χ1) is 6.53. The Morgan fingerprint density at radius 1 is 1.57 bits per heavy atom.